The fraction of sp³-hybridized carbons (Fsp3) is 0.636. The van der Waals surface area contributed by atoms with Gasteiger partial charge in [0.25, 0.3) is 0 Å². The second kappa shape index (κ2) is 4.53. The summed E-state index contributed by atoms with van der Waals surface area (Å²) in [4.78, 5) is 1.23. The molecule has 1 aliphatic rings. The van der Waals surface area contributed by atoms with Crippen molar-refractivity contribution in [1.29, 1.82) is 0 Å². The highest BCUT2D eigenvalue weighted by molar-refractivity contribution is 9.10. The average Bonchev–Trinajstić information content (AvgIpc) is 2.58. The van der Waals surface area contributed by atoms with Crippen LogP contribution in [0.2, 0.25) is 0 Å². The van der Waals surface area contributed by atoms with E-state index in [1.807, 2.05) is 0 Å². The van der Waals surface area contributed by atoms with E-state index in [-0.39, 0.29) is 11.6 Å². The molecule has 1 saturated carbocycles. The minimum absolute atomic E-state index is 0.0584. The first kappa shape index (κ1) is 11.6. The Morgan fingerprint density at radius 3 is 2.80 bits per heavy atom. The Bertz CT molecular complexity index is 330. The molecule has 0 amide bonds. The van der Waals surface area contributed by atoms with Gasteiger partial charge in [-0.05, 0) is 53.1 Å². The third-order valence-corrected chi connectivity index (χ3v) is 5.27. The number of ether oxygens (including phenoxy) is 1. The molecule has 0 radical (unpaired) electrons. The van der Waals surface area contributed by atoms with Gasteiger partial charge >= 0.3 is 0 Å². The molecule has 0 bridgehead atoms. The number of hydrogen-bond donors (Lipinski definition) is 1. The van der Waals surface area contributed by atoms with Crippen molar-refractivity contribution in [2.75, 3.05) is 7.11 Å². The van der Waals surface area contributed by atoms with Crippen LogP contribution in [0.5, 0.6) is 0 Å². The van der Waals surface area contributed by atoms with Crippen LogP contribution in [-0.2, 0) is 4.74 Å². The Balaban J connectivity index is 2.03. The van der Waals surface area contributed by atoms with Crippen LogP contribution in [0.3, 0.4) is 0 Å². The Hall–Kier alpha value is 0.100. The molecule has 1 aliphatic carbocycles. The predicted octanol–water partition coefficient (Wildman–Crippen LogP) is 3.47. The van der Waals surface area contributed by atoms with E-state index in [1.54, 1.807) is 18.4 Å². The van der Waals surface area contributed by atoms with Crippen molar-refractivity contribution in [1.82, 2.24) is 0 Å². The lowest BCUT2D eigenvalue weighted by Crippen LogP contribution is -2.41. The number of nitrogens with two attached hydrogens (primary N) is 1. The molecule has 2 nitrogen and oxygen atoms in total. The van der Waals surface area contributed by atoms with Crippen molar-refractivity contribution in [3.05, 3.63) is 20.8 Å². The van der Waals surface area contributed by atoms with Crippen molar-refractivity contribution in [2.24, 2.45) is 5.73 Å². The lowest BCUT2D eigenvalue weighted by atomic mass is 9.75. The maximum Gasteiger partial charge on any atom is 0.0697 e. The second-order valence-electron chi connectivity index (χ2n) is 4.18. The minimum atomic E-state index is 0.0584. The first-order valence-electron chi connectivity index (χ1n) is 5.20. The van der Waals surface area contributed by atoms with Gasteiger partial charge in [-0.1, -0.05) is 0 Å². The molecule has 1 aromatic rings. The van der Waals surface area contributed by atoms with Gasteiger partial charge in [-0.2, -0.15) is 0 Å². The highest BCUT2D eigenvalue weighted by atomic mass is 79.9. The van der Waals surface area contributed by atoms with Crippen molar-refractivity contribution < 1.29 is 4.74 Å². The Morgan fingerprint density at radius 2 is 2.40 bits per heavy atom. The highest BCUT2D eigenvalue weighted by Gasteiger charge is 2.38. The molecule has 4 heteroatoms. The lowest BCUT2D eigenvalue weighted by molar-refractivity contribution is -0.0815. The molecule has 1 unspecified atom stereocenters. The largest absolute Gasteiger partial charge is 0.378 e. The Labute approximate surface area is 103 Å². The van der Waals surface area contributed by atoms with Crippen LogP contribution in [0.25, 0.3) is 0 Å². The summed E-state index contributed by atoms with van der Waals surface area (Å²) < 4.78 is 6.72. The zero-order valence-corrected chi connectivity index (χ0v) is 11.2. The molecule has 1 atom stereocenters. The SMILES string of the molecule is COC1(CC(N)c2sccc2Br)CCC1. The van der Waals surface area contributed by atoms with Gasteiger partial charge in [0.15, 0.2) is 0 Å². The molecule has 1 fully saturated rings. The van der Waals surface area contributed by atoms with E-state index in [2.05, 4.69) is 27.4 Å². The quantitative estimate of drug-likeness (QED) is 0.921. The molecule has 84 valence electrons. The second-order valence-corrected chi connectivity index (χ2v) is 5.99. The first-order chi connectivity index (χ1) is 7.17. The van der Waals surface area contributed by atoms with E-state index in [0.29, 0.717) is 0 Å². The van der Waals surface area contributed by atoms with E-state index in [9.17, 15) is 0 Å². The van der Waals surface area contributed by atoms with Crippen molar-refractivity contribution in [2.45, 2.75) is 37.3 Å². The average molecular weight is 290 g/mol. The molecule has 0 spiro atoms. The topological polar surface area (TPSA) is 35.2 Å². The predicted molar refractivity (Wildman–Crippen MR) is 67.2 cm³/mol. The summed E-state index contributed by atoms with van der Waals surface area (Å²) in [6.07, 6.45) is 4.51. The molecule has 0 aromatic carbocycles. The van der Waals surface area contributed by atoms with Crippen LogP contribution < -0.4 is 5.73 Å². The summed E-state index contributed by atoms with van der Waals surface area (Å²) in [7, 11) is 1.80. The van der Waals surface area contributed by atoms with Gasteiger partial charge in [-0.15, -0.1) is 11.3 Å². The summed E-state index contributed by atoms with van der Waals surface area (Å²) >= 11 is 5.24. The highest BCUT2D eigenvalue weighted by Crippen LogP contribution is 2.42. The number of hydrogen-bond acceptors (Lipinski definition) is 3. The Kier molecular flexibility index (Phi) is 3.50. The fourth-order valence-electron chi connectivity index (χ4n) is 2.13. The molecule has 0 saturated heterocycles. The standard InChI is InChI=1S/C11H16BrNOS/c1-14-11(4-2-5-11)7-9(13)10-8(12)3-6-15-10/h3,6,9H,2,4-5,7,13H2,1H3. The smallest absolute Gasteiger partial charge is 0.0697 e. The van der Waals surface area contributed by atoms with Gasteiger partial charge < -0.3 is 10.5 Å². The molecular weight excluding hydrogens is 274 g/mol. The first-order valence-corrected chi connectivity index (χ1v) is 6.88. The van der Waals surface area contributed by atoms with Gasteiger partial charge in [-0.3, -0.25) is 0 Å². The maximum atomic E-state index is 6.21. The number of methoxy groups -OCH3 is 1. The van der Waals surface area contributed by atoms with E-state index in [0.717, 1.165) is 23.7 Å². The molecule has 2 rings (SSSR count). The number of thiophene rings is 1. The third-order valence-electron chi connectivity index (χ3n) is 3.27. The molecule has 0 aliphatic heterocycles. The Morgan fingerprint density at radius 1 is 1.67 bits per heavy atom. The number of rotatable bonds is 4. The fourth-order valence-corrected chi connectivity index (χ4v) is 3.80. The molecular formula is C11H16BrNOS. The van der Waals surface area contributed by atoms with Gasteiger partial charge in [0, 0.05) is 22.5 Å². The minimum Gasteiger partial charge on any atom is -0.378 e. The van der Waals surface area contributed by atoms with Crippen LogP contribution in [0.1, 0.15) is 36.6 Å². The summed E-state index contributed by atoms with van der Waals surface area (Å²) in [6, 6.07) is 2.15. The summed E-state index contributed by atoms with van der Waals surface area (Å²) in [5.41, 5.74) is 6.27. The van der Waals surface area contributed by atoms with Crippen molar-refractivity contribution in [3.8, 4) is 0 Å². The van der Waals surface area contributed by atoms with Crippen LogP contribution in [0, 0.1) is 0 Å². The molecule has 1 heterocycles. The molecule has 2 N–H and O–H groups in total. The monoisotopic (exact) mass is 289 g/mol. The van der Waals surface area contributed by atoms with E-state index in [1.165, 1.54) is 11.3 Å². The van der Waals surface area contributed by atoms with Crippen LogP contribution >= 0.6 is 27.3 Å². The maximum absolute atomic E-state index is 6.21. The van der Waals surface area contributed by atoms with Gasteiger partial charge in [0.05, 0.1) is 5.60 Å². The van der Waals surface area contributed by atoms with Crippen molar-refractivity contribution >= 4 is 27.3 Å². The zero-order valence-electron chi connectivity index (χ0n) is 8.83. The molecule has 1 aromatic heterocycles. The number of halogens is 1. The van der Waals surface area contributed by atoms with Crippen molar-refractivity contribution in [3.63, 3.8) is 0 Å². The van der Waals surface area contributed by atoms with Crippen LogP contribution in [0.4, 0.5) is 0 Å². The summed E-state index contributed by atoms with van der Waals surface area (Å²) in [5, 5.41) is 2.07. The van der Waals surface area contributed by atoms with Gasteiger partial charge in [0.2, 0.25) is 0 Å². The summed E-state index contributed by atoms with van der Waals surface area (Å²) in [6.45, 7) is 0. The lowest BCUT2D eigenvalue weighted by Gasteiger charge is -2.42. The molecule has 15 heavy (non-hydrogen) atoms. The van der Waals surface area contributed by atoms with E-state index >= 15 is 0 Å². The zero-order chi connectivity index (χ0) is 10.9. The van der Waals surface area contributed by atoms with E-state index in [4.69, 9.17) is 10.5 Å². The van der Waals surface area contributed by atoms with Gasteiger partial charge in [0.1, 0.15) is 0 Å². The summed E-state index contributed by atoms with van der Waals surface area (Å²) in [5.74, 6) is 0. The van der Waals surface area contributed by atoms with E-state index < -0.39 is 0 Å². The normalized spacial score (nSPS) is 21.0. The third kappa shape index (κ3) is 2.28. The van der Waals surface area contributed by atoms with Crippen LogP contribution in [0.15, 0.2) is 15.9 Å². The van der Waals surface area contributed by atoms with Gasteiger partial charge in [-0.25, -0.2) is 0 Å². The van der Waals surface area contributed by atoms with Crippen LogP contribution in [-0.4, -0.2) is 12.7 Å².